The van der Waals surface area contributed by atoms with Crippen molar-refractivity contribution in [2.45, 2.75) is 95.8 Å². The van der Waals surface area contributed by atoms with Crippen molar-refractivity contribution in [2.75, 3.05) is 0 Å². The lowest BCUT2D eigenvalue weighted by molar-refractivity contribution is -0.135. The molecular weight excluding hydrogens is 430 g/mol. The van der Waals surface area contributed by atoms with Crippen LogP contribution in [0.5, 0.6) is 0 Å². The van der Waals surface area contributed by atoms with E-state index >= 15 is 0 Å². The molecule has 2 amide bonds. The molecule has 3 aromatic heterocycles. The second-order valence-electron chi connectivity index (χ2n) is 10.2. The fourth-order valence-electron chi connectivity index (χ4n) is 5.80. The van der Waals surface area contributed by atoms with Crippen molar-refractivity contribution in [3.63, 3.8) is 0 Å². The molecule has 2 aliphatic rings. The molecule has 1 aliphatic carbocycles. The molecule has 0 radical (unpaired) electrons. The number of nitrogens with one attached hydrogen (secondary N) is 1. The van der Waals surface area contributed by atoms with Gasteiger partial charge in [0.25, 0.3) is 5.91 Å². The fraction of sp³-hybridized carbons (Fsp3) is 0.556. The Morgan fingerprint density at radius 1 is 1.15 bits per heavy atom. The summed E-state index contributed by atoms with van der Waals surface area (Å²) in [5.74, 6) is 0.699. The van der Waals surface area contributed by atoms with Crippen molar-refractivity contribution in [1.29, 1.82) is 0 Å². The van der Waals surface area contributed by atoms with E-state index in [2.05, 4.69) is 5.32 Å². The van der Waals surface area contributed by atoms with Gasteiger partial charge in [0.05, 0.1) is 24.6 Å². The first kappa shape index (κ1) is 22.8. The molecule has 7 heteroatoms. The number of hydrogen-bond acceptors (Lipinski definition) is 4. The third kappa shape index (κ3) is 4.17. The zero-order valence-corrected chi connectivity index (χ0v) is 20.2. The SMILES string of the molecule is CC(CCc1ccco1)N1C(=O)c2cc3occc3n2CC1(C)C(=O)NC1CCCCCCC1. The molecule has 4 heterocycles. The van der Waals surface area contributed by atoms with Crippen LogP contribution < -0.4 is 5.32 Å². The average Bonchev–Trinajstić information content (AvgIpc) is 3.53. The van der Waals surface area contributed by atoms with Crippen LogP contribution in [0.1, 0.15) is 81.5 Å². The normalized spacial score (nSPS) is 22.9. The van der Waals surface area contributed by atoms with Gasteiger partial charge in [-0.2, -0.15) is 0 Å². The third-order valence-electron chi connectivity index (χ3n) is 7.72. The second kappa shape index (κ2) is 9.35. The number of aryl methyl sites for hydroxylation is 1. The molecule has 1 aliphatic heterocycles. The Hall–Kier alpha value is -2.96. The van der Waals surface area contributed by atoms with Crippen LogP contribution in [-0.2, 0) is 17.8 Å². The van der Waals surface area contributed by atoms with E-state index in [0.717, 1.165) is 37.0 Å². The number of carbonyl (C=O) groups is 2. The highest BCUT2D eigenvalue weighted by atomic mass is 16.3. The van der Waals surface area contributed by atoms with Gasteiger partial charge in [-0.3, -0.25) is 9.59 Å². The lowest BCUT2D eigenvalue weighted by atomic mass is 9.90. The summed E-state index contributed by atoms with van der Waals surface area (Å²) in [6.07, 6.45) is 12.7. The zero-order valence-electron chi connectivity index (χ0n) is 20.2. The van der Waals surface area contributed by atoms with Crippen molar-refractivity contribution in [3.05, 3.63) is 48.2 Å². The van der Waals surface area contributed by atoms with Gasteiger partial charge in [0.15, 0.2) is 5.58 Å². The van der Waals surface area contributed by atoms with Gasteiger partial charge < -0.3 is 23.6 Å². The molecule has 34 heavy (non-hydrogen) atoms. The zero-order chi connectivity index (χ0) is 23.7. The van der Waals surface area contributed by atoms with Gasteiger partial charge in [0.1, 0.15) is 17.0 Å². The lowest BCUT2D eigenvalue weighted by Gasteiger charge is -2.47. The Morgan fingerprint density at radius 2 is 1.91 bits per heavy atom. The topological polar surface area (TPSA) is 80.6 Å². The van der Waals surface area contributed by atoms with E-state index in [4.69, 9.17) is 8.83 Å². The minimum absolute atomic E-state index is 0.0627. The predicted octanol–water partition coefficient (Wildman–Crippen LogP) is 5.29. The Morgan fingerprint density at radius 3 is 2.65 bits per heavy atom. The number of furan rings is 2. The molecule has 0 bridgehead atoms. The summed E-state index contributed by atoms with van der Waals surface area (Å²) in [6, 6.07) is 7.53. The molecule has 0 spiro atoms. The van der Waals surface area contributed by atoms with E-state index in [9.17, 15) is 9.59 Å². The molecule has 7 nitrogen and oxygen atoms in total. The number of aromatic nitrogens is 1. The van der Waals surface area contributed by atoms with E-state index < -0.39 is 5.54 Å². The Balaban J connectivity index is 1.44. The van der Waals surface area contributed by atoms with Crippen molar-refractivity contribution in [1.82, 2.24) is 14.8 Å². The van der Waals surface area contributed by atoms with Crippen LogP contribution in [0.3, 0.4) is 0 Å². The fourth-order valence-corrected chi connectivity index (χ4v) is 5.80. The van der Waals surface area contributed by atoms with Crippen molar-refractivity contribution >= 4 is 22.9 Å². The summed E-state index contributed by atoms with van der Waals surface area (Å²) < 4.78 is 13.0. The van der Waals surface area contributed by atoms with Gasteiger partial charge in [-0.05, 0) is 45.2 Å². The van der Waals surface area contributed by atoms with E-state index in [-0.39, 0.29) is 23.9 Å². The molecule has 1 fully saturated rings. The monoisotopic (exact) mass is 465 g/mol. The van der Waals surface area contributed by atoms with Gasteiger partial charge in [0.2, 0.25) is 5.91 Å². The average molecular weight is 466 g/mol. The first-order chi connectivity index (χ1) is 16.5. The molecule has 182 valence electrons. The highest BCUT2D eigenvalue weighted by Gasteiger charge is 2.50. The largest absolute Gasteiger partial charge is 0.469 e. The van der Waals surface area contributed by atoms with E-state index in [1.807, 2.05) is 41.5 Å². The molecular formula is C27H35N3O4. The summed E-state index contributed by atoms with van der Waals surface area (Å²) in [5.41, 5.74) is 1.11. The molecule has 1 N–H and O–H groups in total. The van der Waals surface area contributed by atoms with Crippen molar-refractivity contribution in [3.8, 4) is 0 Å². The highest BCUT2D eigenvalue weighted by molar-refractivity contribution is 6.03. The van der Waals surface area contributed by atoms with Crippen molar-refractivity contribution < 1.29 is 18.4 Å². The number of carbonyl (C=O) groups excluding carboxylic acids is 2. The molecule has 3 aromatic rings. The van der Waals surface area contributed by atoms with Gasteiger partial charge in [-0.1, -0.05) is 32.1 Å². The maximum absolute atomic E-state index is 13.9. The standard InChI is InChI=1S/C27H35N3O4/c1-19(12-13-21-11-8-15-33-21)30-25(31)23-17-24-22(14-16-34-24)29(23)18-27(30,2)26(32)28-20-9-6-4-3-5-7-10-20/h8,11,14-17,19-20H,3-7,9-10,12-13,18H2,1-2H3,(H,28,32). The van der Waals surface area contributed by atoms with Crippen LogP contribution in [0.4, 0.5) is 0 Å². The summed E-state index contributed by atoms with van der Waals surface area (Å²) in [6.45, 7) is 4.35. The van der Waals surface area contributed by atoms with Crippen LogP contribution in [0.25, 0.3) is 11.1 Å². The van der Waals surface area contributed by atoms with Gasteiger partial charge >= 0.3 is 0 Å². The number of hydrogen-bond donors (Lipinski definition) is 1. The van der Waals surface area contributed by atoms with E-state index in [1.165, 1.54) is 19.3 Å². The van der Waals surface area contributed by atoms with Gasteiger partial charge in [-0.25, -0.2) is 0 Å². The molecule has 2 unspecified atom stereocenters. The van der Waals surface area contributed by atoms with Crippen LogP contribution in [0, 0.1) is 0 Å². The minimum Gasteiger partial charge on any atom is -0.469 e. The first-order valence-corrected chi connectivity index (χ1v) is 12.7. The summed E-state index contributed by atoms with van der Waals surface area (Å²) >= 11 is 0. The first-order valence-electron chi connectivity index (χ1n) is 12.7. The maximum Gasteiger partial charge on any atom is 0.271 e. The second-order valence-corrected chi connectivity index (χ2v) is 10.2. The number of amides is 2. The predicted molar refractivity (Wildman–Crippen MR) is 130 cm³/mol. The van der Waals surface area contributed by atoms with E-state index in [1.54, 1.807) is 18.6 Å². The molecule has 0 saturated heterocycles. The molecule has 0 aromatic carbocycles. The Bertz CT molecular complexity index is 1140. The Labute approximate surface area is 200 Å². The summed E-state index contributed by atoms with van der Waals surface area (Å²) in [4.78, 5) is 29.6. The minimum atomic E-state index is -1.00. The van der Waals surface area contributed by atoms with Gasteiger partial charge in [-0.15, -0.1) is 0 Å². The van der Waals surface area contributed by atoms with Crippen LogP contribution in [0.15, 0.2) is 45.6 Å². The van der Waals surface area contributed by atoms with Crippen LogP contribution in [-0.4, -0.2) is 38.9 Å². The summed E-state index contributed by atoms with van der Waals surface area (Å²) in [5, 5.41) is 3.35. The molecule has 5 rings (SSSR count). The maximum atomic E-state index is 13.9. The highest BCUT2D eigenvalue weighted by Crippen LogP contribution is 2.35. The molecule has 1 saturated carbocycles. The smallest absolute Gasteiger partial charge is 0.271 e. The van der Waals surface area contributed by atoms with Crippen LogP contribution >= 0.6 is 0 Å². The van der Waals surface area contributed by atoms with Gasteiger partial charge in [0, 0.05) is 30.6 Å². The number of nitrogens with zero attached hydrogens (tertiary/aromatic N) is 2. The van der Waals surface area contributed by atoms with Crippen LogP contribution in [0.2, 0.25) is 0 Å². The lowest BCUT2D eigenvalue weighted by Crippen LogP contribution is -2.67. The van der Waals surface area contributed by atoms with Crippen molar-refractivity contribution in [2.24, 2.45) is 0 Å². The quantitative estimate of drug-likeness (QED) is 0.536. The summed E-state index contributed by atoms with van der Waals surface area (Å²) in [7, 11) is 0. The Kier molecular flexibility index (Phi) is 6.28. The van der Waals surface area contributed by atoms with E-state index in [0.29, 0.717) is 30.7 Å². The third-order valence-corrected chi connectivity index (χ3v) is 7.72. The number of fused-ring (bicyclic) bond motifs is 3. The molecule has 2 atom stereocenters. The number of rotatable bonds is 6.